The Bertz CT molecular complexity index is 686. The van der Waals surface area contributed by atoms with Crippen LogP contribution >= 0.6 is 24.0 Å². The number of guanidine groups is 1. The lowest BCUT2D eigenvalue weighted by Crippen LogP contribution is -2.51. The molecule has 1 aromatic rings. The van der Waals surface area contributed by atoms with Crippen LogP contribution in [0.5, 0.6) is 0 Å². The first kappa shape index (κ1) is 25.9. The number of benzene rings is 1. The lowest BCUT2D eigenvalue weighted by Gasteiger charge is -2.38. The summed E-state index contributed by atoms with van der Waals surface area (Å²) in [5.74, 6) is 1.98. The maximum absolute atomic E-state index is 12.4. The summed E-state index contributed by atoms with van der Waals surface area (Å²) in [5.41, 5.74) is 1.34. The van der Waals surface area contributed by atoms with E-state index in [2.05, 4.69) is 71.5 Å². The van der Waals surface area contributed by atoms with Gasteiger partial charge in [0.05, 0.1) is 6.54 Å². The SMILES string of the molecule is CCNC(=NCCN1CCN(C(=O)C2CCC2)CC1)NC(C)C(C)c1ccccc1.I. The number of nitrogens with zero attached hydrogens (tertiary/aromatic N) is 3. The van der Waals surface area contributed by atoms with Crippen LogP contribution in [-0.4, -0.2) is 73.5 Å². The molecule has 2 unspecified atom stereocenters. The van der Waals surface area contributed by atoms with Gasteiger partial charge in [-0.05, 0) is 32.3 Å². The van der Waals surface area contributed by atoms with Gasteiger partial charge in [-0.15, -0.1) is 24.0 Å². The van der Waals surface area contributed by atoms with E-state index in [9.17, 15) is 4.79 Å². The Kier molecular flexibility index (Phi) is 11.1. The van der Waals surface area contributed by atoms with Crippen molar-refractivity contribution in [3.8, 4) is 0 Å². The minimum atomic E-state index is 0. The Morgan fingerprint density at radius 3 is 2.39 bits per heavy atom. The van der Waals surface area contributed by atoms with Crippen molar-refractivity contribution in [3.05, 3.63) is 35.9 Å². The van der Waals surface area contributed by atoms with Crippen molar-refractivity contribution in [2.45, 2.75) is 52.0 Å². The van der Waals surface area contributed by atoms with Crippen LogP contribution in [-0.2, 0) is 4.79 Å². The van der Waals surface area contributed by atoms with E-state index in [0.29, 0.717) is 17.7 Å². The molecular weight excluding hydrogens is 501 g/mol. The number of halogens is 1. The molecule has 2 N–H and O–H groups in total. The van der Waals surface area contributed by atoms with E-state index in [1.165, 1.54) is 12.0 Å². The van der Waals surface area contributed by atoms with Gasteiger partial charge in [-0.3, -0.25) is 14.7 Å². The summed E-state index contributed by atoms with van der Waals surface area (Å²) in [4.78, 5) is 21.7. The molecule has 0 radical (unpaired) electrons. The summed E-state index contributed by atoms with van der Waals surface area (Å²) < 4.78 is 0. The van der Waals surface area contributed by atoms with E-state index < -0.39 is 0 Å². The number of aliphatic imine (C=N–C) groups is 1. The number of hydrogen-bond donors (Lipinski definition) is 2. The molecule has 3 rings (SSSR count). The molecule has 0 aromatic heterocycles. The van der Waals surface area contributed by atoms with E-state index in [0.717, 1.165) is 64.6 Å². The maximum atomic E-state index is 12.4. The largest absolute Gasteiger partial charge is 0.357 e. The smallest absolute Gasteiger partial charge is 0.225 e. The molecule has 1 aliphatic heterocycles. The number of hydrogen-bond acceptors (Lipinski definition) is 3. The third-order valence-corrected chi connectivity index (χ3v) is 6.61. The Morgan fingerprint density at radius 2 is 1.81 bits per heavy atom. The van der Waals surface area contributed by atoms with Crippen LogP contribution < -0.4 is 10.6 Å². The molecule has 2 aliphatic rings. The van der Waals surface area contributed by atoms with Gasteiger partial charge >= 0.3 is 0 Å². The molecule has 1 aliphatic carbocycles. The lowest BCUT2D eigenvalue weighted by molar-refractivity contribution is -0.139. The second kappa shape index (κ2) is 13.3. The highest BCUT2D eigenvalue weighted by molar-refractivity contribution is 14.0. The quantitative estimate of drug-likeness (QED) is 0.301. The zero-order chi connectivity index (χ0) is 21.3. The summed E-state index contributed by atoms with van der Waals surface area (Å²) in [5, 5.41) is 6.94. The molecule has 7 heteroatoms. The zero-order valence-electron chi connectivity index (χ0n) is 19.3. The third-order valence-electron chi connectivity index (χ3n) is 6.61. The van der Waals surface area contributed by atoms with Crippen LogP contribution in [0.15, 0.2) is 35.3 Å². The number of amides is 1. The zero-order valence-corrected chi connectivity index (χ0v) is 21.7. The molecular formula is C24H40IN5O. The van der Waals surface area contributed by atoms with E-state index in [4.69, 9.17) is 4.99 Å². The van der Waals surface area contributed by atoms with Gasteiger partial charge in [0.25, 0.3) is 0 Å². The molecule has 1 saturated heterocycles. The predicted molar refractivity (Wildman–Crippen MR) is 139 cm³/mol. The first-order chi connectivity index (χ1) is 14.6. The highest BCUT2D eigenvalue weighted by atomic mass is 127. The lowest BCUT2D eigenvalue weighted by atomic mass is 9.84. The highest BCUT2D eigenvalue weighted by Gasteiger charge is 2.31. The summed E-state index contributed by atoms with van der Waals surface area (Å²) in [6.45, 7) is 12.7. The van der Waals surface area contributed by atoms with Gasteiger partial charge in [0.1, 0.15) is 0 Å². The first-order valence-electron chi connectivity index (χ1n) is 11.7. The predicted octanol–water partition coefficient (Wildman–Crippen LogP) is 3.30. The van der Waals surface area contributed by atoms with Gasteiger partial charge in [-0.1, -0.05) is 43.7 Å². The average Bonchev–Trinajstić information content (AvgIpc) is 2.73. The van der Waals surface area contributed by atoms with Crippen molar-refractivity contribution in [1.29, 1.82) is 0 Å². The van der Waals surface area contributed by atoms with Crippen LogP contribution in [0.3, 0.4) is 0 Å². The number of carbonyl (C=O) groups excluding carboxylic acids is 1. The molecule has 1 aromatic carbocycles. The Hall–Kier alpha value is -1.35. The summed E-state index contributed by atoms with van der Waals surface area (Å²) in [7, 11) is 0. The summed E-state index contributed by atoms with van der Waals surface area (Å²) in [6.07, 6.45) is 3.41. The first-order valence-corrected chi connectivity index (χ1v) is 11.7. The fourth-order valence-electron chi connectivity index (χ4n) is 4.11. The van der Waals surface area contributed by atoms with Crippen molar-refractivity contribution in [2.24, 2.45) is 10.9 Å². The van der Waals surface area contributed by atoms with Crippen LogP contribution in [0.2, 0.25) is 0 Å². The third kappa shape index (κ3) is 7.63. The van der Waals surface area contributed by atoms with Gasteiger partial charge in [-0.25, -0.2) is 0 Å². The van der Waals surface area contributed by atoms with Crippen molar-refractivity contribution in [3.63, 3.8) is 0 Å². The van der Waals surface area contributed by atoms with Crippen LogP contribution in [0.25, 0.3) is 0 Å². The molecule has 0 spiro atoms. The Balaban J connectivity index is 0.00000341. The van der Waals surface area contributed by atoms with E-state index in [1.54, 1.807) is 0 Å². The molecule has 174 valence electrons. The maximum Gasteiger partial charge on any atom is 0.225 e. The second-order valence-electron chi connectivity index (χ2n) is 8.69. The standard InChI is InChI=1S/C24H39N5O.HI/c1-4-25-24(27-20(3)19(2)21-9-6-5-7-10-21)26-13-14-28-15-17-29(18-16-28)23(30)22-11-8-12-22;/h5-7,9-10,19-20,22H,4,8,11-18H2,1-3H3,(H2,25,26,27);1H. The molecule has 1 amide bonds. The van der Waals surface area contributed by atoms with Crippen LogP contribution in [0.1, 0.15) is 51.5 Å². The van der Waals surface area contributed by atoms with Gasteiger partial charge < -0.3 is 15.5 Å². The normalized spacial score (nSPS) is 19.7. The number of piperazine rings is 1. The van der Waals surface area contributed by atoms with Gasteiger partial charge in [0, 0.05) is 57.1 Å². The fraction of sp³-hybridized carbons (Fsp3) is 0.667. The van der Waals surface area contributed by atoms with Crippen molar-refractivity contribution < 1.29 is 4.79 Å². The molecule has 31 heavy (non-hydrogen) atoms. The molecule has 6 nitrogen and oxygen atoms in total. The van der Waals surface area contributed by atoms with E-state index >= 15 is 0 Å². The second-order valence-corrected chi connectivity index (χ2v) is 8.69. The average molecular weight is 542 g/mol. The van der Waals surface area contributed by atoms with Crippen molar-refractivity contribution in [2.75, 3.05) is 45.8 Å². The minimum Gasteiger partial charge on any atom is -0.357 e. The van der Waals surface area contributed by atoms with Crippen LogP contribution in [0.4, 0.5) is 0 Å². The van der Waals surface area contributed by atoms with Crippen molar-refractivity contribution >= 4 is 35.8 Å². The van der Waals surface area contributed by atoms with E-state index in [-0.39, 0.29) is 30.0 Å². The number of rotatable bonds is 8. The summed E-state index contributed by atoms with van der Waals surface area (Å²) >= 11 is 0. The summed E-state index contributed by atoms with van der Waals surface area (Å²) in [6, 6.07) is 10.9. The monoisotopic (exact) mass is 541 g/mol. The molecule has 1 saturated carbocycles. The van der Waals surface area contributed by atoms with Crippen molar-refractivity contribution in [1.82, 2.24) is 20.4 Å². The molecule has 2 fully saturated rings. The highest BCUT2D eigenvalue weighted by Crippen LogP contribution is 2.28. The fourth-order valence-corrected chi connectivity index (χ4v) is 4.11. The Labute approximate surface area is 205 Å². The van der Waals surface area contributed by atoms with E-state index in [1.807, 2.05) is 0 Å². The molecule has 1 heterocycles. The molecule has 0 bridgehead atoms. The number of carbonyl (C=O) groups is 1. The Morgan fingerprint density at radius 1 is 1.13 bits per heavy atom. The van der Waals surface area contributed by atoms with Crippen LogP contribution in [0, 0.1) is 5.92 Å². The number of nitrogens with one attached hydrogen (secondary N) is 2. The van der Waals surface area contributed by atoms with Gasteiger partial charge in [0.15, 0.2) is 5.96 Å². The minimum absolute atomic E-state index is 0. The topological polar surface area (TPSA) is 60.0 Å². The molecule has 2 atom stereocenters. The van der Waals surface area contributed by atoms with Gasteiger partial charge in [-0.2, -0.15) is 0 Å². The van der Waals surface area contributed by atoms with Gasteiger partial charge in [0.2, 0.25) is 5.91 Å².